The molecule has 29 N–H and O–H groups in total. The van der Waals surface area contributed by atoms with Gasteiger partial charge in [-0.3, -0.25) is 4.79 Å². The van der Waals surface area contributed by atoms with E-state index in [1.54, 1.807) is 0 Å². The molecule has 8 saturated heterocycles. The van der Waals surface area contributed by atoms with Crippen molar-refractivity contribution in [3.8, 4) is 0 Å². The van der Waals surface area contributed by atoms with Crippen LogP contribution in [0.2, 0.25) is 0 Å². The van der Waals surface area contributed by atoms with Crippen molar-refractivity contribution in [1.82, 2.24) is 5.32 Å². The number of hydrogen-bond donors (Lipinski definition) is 29. The normalized spacial score (nSPS) is 50.7. The molecule has 8 fully saturated rings. The Morgan fingerprint density at radius 3 is 1.17 bits per heavy atom. The van der Waals surface area contributed by atoms with Crippen LogP contribution in [0.4, 0.5) is 0 Å². The van der Waals surface area contributed by atoms with E-state index in [1.165, 1.54) is 0 Å². The summed E-state index contributed by atoms with van der Waals surface area (Å²) in [5.41, 5.74) is 0. The molecule has 45 heteroatoms. The third kappa shape index (κ3) is 17.3. The molecule has 8 aliphatic rings. The van der Waals surface area contributed by atoms with Crippen LogP contribution in [0.15, 0.2) is 0 Å². The Morgan fingerprint density at radius 2 is 0.684 bits per heavy atom. The maximum atomic E-state index is 12.4. The summed E-state index contributed by atoms with van der Waals surface area (Å²) in [6.45, 7) is -7.87. The topological polar surface area (TPSA) is 734 Å². The minimum atomic E-state index is -2.65. The molecule has 8 heterocycles. The molecule has 0 spiro atoms. The van der Waals surface area contributed by atoms with Crippen molar-refractivity contribution in [3.05, 3.63) is 0 Å². The number of carbonyl (C=O) groups excluding carboxylic acids is 1. The predicted molar refractivity (Wildman–Crippen MR) is 294 cm³/mol. The van der Waals surface area contributed by atoms with E-state index >= 15 is 0 Å². The number of carbonyl (C=O) groups is 1. The Kier molecular flexibility index (Phi) is 29.3. The molecule has 8 aliphatic heterocycles. The quantitative estimate of drug-likeness (QED) is 0.0382. The van der Waals surface area contributed by atoms with Crippen molar-refractivity contribution in [2.24, 2.45) is 0 Å². The van der Waals surface area contributed by atoms with Crippen LogP contribution in [-0.4, -0.2) is 466 Å². The Morgan fingerprint density at radius 1 is 0.327 bits per heavy atom. The molecule has 0 aromatic heterocycles. The number of amides is 1. The second kappa shape index (κ2) is 35.2. The summed E-state index contributed by atoms with van der Waals surface area (Å²) in [5, 5.41) is 308. The summed E-state index contributed by atoms with van der Waals surface area (Å²) in [6, 6.07) is -1.76. The first kappa shape index (κ1) is 81.4. The Hall–Kier alpha value is -2.25. The maximum Gasteiger partial charge on any atom is 0.217 e. The second-order valence-corrected chi connectivity index (χ2v) is 24.7. The van der Waals surface area contributed by atoms with Gasteiger partial charge in [0.05, 0.1) is 52.9 Å². The van der Waals surface area contributed by atoms with Crippen LogP contribution in [0.5, 0.6) is 0 Å². The van der Waals surface area contributed by atoms with Crippen molar-refractivity contribution < 1.29 is 219 Å². The van der Waals surface area contributed by atoms with Crippen molar-refractivity contribution in [1.29, 1.82) is 0 Å². The number of aliphatic hydroxyl groups is 28. The lowest BCUT2D eigenvalue weighted by molar-refractivity contribution is -0.408. The minimum Gasteiger partial charge on any atom is -0.394 e. The summed E-state index contributed by atoms with van der Waals surface area (Å²) in [4.78, 5) is 12.3. The molecule has 0 saturated carbocycles. The van der Waals surface area contributed by atoms with E-state index < -0.39 is 323 Å². The average Bonchev–Trinajstić information content (AvgIpc) is 0.770. The third-order valence-electron chi connectivity index (χ3n) is 18.0. The van der Waals surface area contributed by atoms with Crippen molar-refractivity contribution in [2.75, 3.05) is 52.9 Å². The zero-order valence-electron chi connectivity index (χ0n) is 51.5. The van der Waals surface area contributed by atoms with Gasteiger partial charge in [-0.25, -0.2) is 0 Å². The smallest absolute Gasteiger partial charge is 0.217 e. The van der Waals surface area contributed by atoms with Gasteiger partial charge in [-0.05, 0) is 0 Å². The van der Waals surface area contributed by atoms with Crippen LogP contribution in [-0.2, 0) is 75.8 Å². The van der Waals surface area contributed by atoms with Crippen LogP contribution < -0.4 is 5.32 Å². The fourth-order valence-corrected chi connectivity index (χ4v) is 12.3. The Bertz CT molecular complexity index is 2420. The van der Waals surface area contributed by atoms with E-state index in [4.69, 9.17) is 71.1 Å². The highest BCUT2D eigenvalue weighted by atomic mass is 16.8. The average molecular weight is 1450 g/mol. The lowest BCUT2D eigenvalue weighted by Crippen LogP contribution is -2.70. The summed E-state index contributed by atoms with van der Waals surface area (Å²) in [5.74, 6) is -0.861. The molecule has 0 aliphatic carbocycles. The van der Waals surface area contributed by atoms with Crippen molar-refractivity contribution in [3.63, 3.8) is 0 Å². The molecule has 0 aromatic carbocycles. The number of hydrogen-bond acceptors (Lipinski definition) is 44. The molecule has 0 aromatic rings. The van der Waals surface area contributed by atoms with Crippen LogP contribution in [0.1, 0.15) is 6.92 Å². The summed E-state index contributed by atoms with van der Waals surface area (Å²) in [6.07, 6.45) is -92.2. The highest BCUT2D eigenvalue weighted by molar-refractivity contribution is 5.73. The lowest BCUT2D eigenvalue weighted by atomic mass is 9.93. The van der Waals surface area contributed by atoms with Gasteiger partial charge in [0.15, 0.2) is 50.3 Å². The first-order valence-corrected chi connectivity index (χ1v) is 30.9. The van der Waals surface area contributed by atoms with Gasteiger partial charge >= 0.3 is 0 Å². The first-order chi connectivity index (χ1) is 46.3. The molecule has 1 amide bonds. The molecule has 0 radical (unpaired) electrons. The number of ether oxygens (including phenoxy) is 15. The molecule has 0 unspecified atom stereocenters. The van der Waals surface area contributed by atoms with Gasteiger partial charge in [0, 0.05) is 6.92 Å². The zero-order valence-corrected chi connectivity index (χ0v) is 51.5. The van der Waals surface area contributed by atoms with Crippen LogP contribution >= 0.6 is 0 Å². The summed E-state index contributed by atoms with van der Waals surface area (Å²) >= 11 is 0. The van der Waals surface area contributed by atoms with E-state index in [1.807, 2.05) is 0 Å². The van der Waals surface area contributed by atoms with Crippen LogP contribution in [0.3, 0.4) is 0 Å². The van der Waals surface area contributed by atoms with Crippen molar-refractivity contribution >= 4 is 5.91 Å². The largest absolute Gasteiger partial charge is 0.394 e. The highest BCUT2D eigenvalue weighted by Gasteiger charge is 2.60. The Balaban J connectivity index is 1.15. The fourth-order valence-electron chi connectivity index (χ4n) is 12.3. The van der Waals surface area contributed by atoms with Gasteiger partial charge in [0.2, 0.25) is 5.91 Å². The van der Waals surface area contributed by atoms with Crippen molar-refractivity contribution in [2.45, 2.75) is 271 Å². The molecule has 8 rings (SSSR count). The Labute approximate surface area is 552 Å². The molecule has 45 nitrogen and oxygen atoms in total. The standard InChI is InChI=1S/C53H91NO44/c1-10(61)54-19-25(70)20(65)14(4-57)86-47(19)97-44-28(73)22(67)17(7-60)89-53(44)98-45-29(74)23(68)16(6-59)88-52(45)96-41-24(69)18(9-85-48-31(76)26(71)21(66)15(5-58)87-48)90-50(36(41)81)95-43-34(79)40(13(64)8-84-49-32(77)27(72)30(75)38(92-49)11(62)2-55)93-51(37(43)82)94-42-33(78)39(12(63)3-56)91-46(83)35(42)80/h11-53,55-60,62-83H,2-9H2,1H3,(H,54,61)/t11-,12-,13-,14+,15+,16+,17+,18+,19+,20+,21-,22+,23-,24+,25+,26-,27-,28-,29-,30-,31+,32-,33+,34+,35-,36+,37-,38+,39+,40+,41-,42-,43-,44+,45+,46-,47+,48-,49-,50+,51+,52+,53+/m0/s1. The van der Waals surface area contributed by atoms with E-state index in [0.717, 1.165) is 6.92 Å². The monoisotopic (exact) mass is 1450 g/mol. The van der Waals surface area contributed by atoms with E-state index in [9.17, 15) is 148 Å². The molecule has 572 valence electrons. The number of aliphatic hydroxyl groups excluding tert-OH is 28. The molecule has 43 atom stereocenters. The van der Waals surface area contributed by atoms with Gasteiger partial charge in [0.25, 0.3) is 0 Å². The van der Waals surface area contributed by atoms with Gasteiger partial charge in [-0.15, -0.1) is 0 Å². The van der Waals surface area contributed by atoms with E-state index in [0.29, 0.717) is 0 Å². The van der Waals surface area contributed by atoms with E-state index in [2.05, 4.69) is 5.32 Å². The SMILES string of the molecule is CC(=O)N[C@H]1[C@@H](O[C@H]2[C@@H](O[C@H]3[C@@H](O[C@@H]4[C@@H](O)[C@@H](O[C@@H]5[C@H](O)[C@@H](O[C@H]6[C@H](O)[C@@H]([C@@H](O)CO)O[C@H](O)[C@H]6O)O[C@H]([C@@H](O)CO[C@H]6O[C@H]([C@@H](O)CO)[C@@H](O)[C@H](O)[C@@H]6O)[C@H]5O)O[C@H](CO[C@H]5O[C@H](CO)[C@H](O)[C@H](O)[C@H]5O)[C@H]4O)O[C@H](CO)[C@H](O)[C@@H]3O)O[C@H](CO)[C@@H](O)[C@@H]2O)O[C@H](CO)[C@@H](O)[C@@H]1O. The zero-order chi connectivity index (χ0) is 72.4. The molecular formula is C53H91NO44. The highest BCUT2D eigenvalue weighted by Crippen LogP contribution is 2.39. The summed E-state index contributed by atoms with van der Waals surface area (Å²) < 4.78 is 85.7. The predicted octanol–water partition coefficient (Wildman–Crippen LogP) is -20.2. The number of rotatable bonds is 26. The molecular weight excluding hydrogens is 1350 g/mol. The van der Waals surface area contributed by atoms with Gasteiger partial charge < -0.3 is 219 Å². The van der Waals surface area contributed by atoms with Crippen LogP contribution in [0, 0.1) is 0 Å². The van der Waals surface area contributed by atoms with Gasteiger partial charge in [-0.1, -0.05) is 0 Å². The lowest BCUT2D eigenvalue weighted by Gasteiger charge is -2.51. The fraction of sp³-hybridized carbons (Fsp3) is 0.981. The third-order valence-corrected chi connectivity index (χ3v) is 18.0. The van der Waals surface area contributed by atoms with Gasteiger partial charge in [0.1, 0.15) is 214 Å². The number of nitrogens with one attached hydrogen (secondary N) is 1. The molecule has 0 bridgehead atoms. The maximum absolute atomic E-state index is 12.4. The van der Waals surface area contributed by atoms with E-state index in [-0.39, 0.29) is 0 Å². The molecule has 98 heavy (non-hydrogen) atoms. The van der Waals surface area contributed by atoms with Gasteiger partial charge in [-0.2, -0.15) is 0 Å². The first-order valence-electron chi connectivity index (χ1n) is 30.9. The minimum absolute atomic E-state index is 0.861. The van der Waals surface area contributed by atoms with Crippen LogP contribution in [0.25, 0.3) is 0 Å². The second-order valence-electron chi connectivity index (χ2n) is 24.7. The summed E-state index contributed by atoms with van der Waals surface area (Å²) in [7, 11) is 0.